The van der Waals surface area contributed by atoms with Crippen molar-refractivity contribution in [3.63, 3.8) is 0 Å². The Morgan fingerprint density at radius 1 is 1.15 bits per heavy atom. The lowest BCUT2D eigenvalue weighted by Gasteiger charge is -2.11. The number of nitrogens with one attached hydrogen (secondary N) is 3. The van der Waals surface area contributed by atoms with E-state index in [-0.39, 0.29) is 29.9 Å². The van der Waals surface area contributed by atoms with Crippen LogP contribution in [0.4, 0.5) is 0 Å². The fourth-order valence-electron chi connectivity index (χ4n) is 2.33. The van der Waals surface area contributed by atoms with Crippen molar-refractivity contribution in [2.75, 3.05) is 13.1 Å². The quantitative estimate of drug-likeness (QED) is 0.329. The minimum atomic E-state index is -0.0606. The van der Waals surface area contributed by atoms with E-state index in [1.165, 1.54) is 0 Å². The molecule has 1 amide bonds. The summed E-state index contributed by atoms with van der Waals surface area (Å²) < 4.78 is 1.83. The van der Waals surface area contributed by atoms with Gasteiger partial charge in [-0.25, -0.2) is 4.99 Å². The number of hydrogen-bond donors (Lipinski definition) is 3. The third-order valence-electron chi connectivity index (χ3n) is 3.65. The maximum absolute atomic E-state index is 11.9. The lowest BCUT2D eigenvalue weighted by atomic mass is 10.1. The molecule has 0 aliphatic carbocycles. The highest BCUT2D eigenvalue weighted by Crippen LogP contribution is 2.07. The van der Waals surface area contributed by atoms with Gasteiger partial charge in [-0.15, -0.1) is 24.0 Å². The van der Waals surface area contributed by atoms with Crippen LogP contribution in [0.25, 0.3) is 0 Å². The monoisotopic (exact) mass is 470 g/mol. The summed E-state index contributed by atoms with van der Waals surface area (Å²) in [5.74, 6) is 0.668. The van der Waals surface area contributed by atoms with Crippen LogP contribution in [-0.2, 0) is 20.1 Å². The standard InChI is InChI=1S/C18H26N6O.HI/c1-4-19-17(25)15-8-6-7-14(11-15)12-21-18(20-5-2)22-13-16-9-10-23-24(16)3;/h6-11H,4-5,12-13H2,1-3H3,(H,19,25)(H2,20,21,22);1H. The van der Waals surface area contributed by atoms with Crippen LogP contribution in [0.1, 0.15) is 35.5 Å². The van der Waals surface area contributed by atoms with E-state index in [4.69, 9.17) is 0 Å². The molecule has 2 rings (SSSR count). The van der Waals surface area contributed by atoms with Gasteiger partial charge in [0.05, 0.1) is 18.8 Å². The zero-order chi connectivity index (χ0) is 18.1. The topological polar surface area (TPSA) is 83.3 Å². The highest BCUT2D eigenvalue weighted by Gasteiger charge is 2.05. The lowest BCUT2D eigenvalue weighted by molar-refractivity contribution is 0.0955. The van der Waals surface area contributed by atoms with Crippen molar-refractivity contribution < 1.29 is 4.79 Å². The van der Waals surface area contributed by atoms with Crippen molar-refractivity contribution >= 4 is 35.8 Å². The van der Waals surface area contributed by atoms with Gasteiger partial charge in [-0.2, -0.15) is 5.10 Å². The first-order valence-electron chi connectivity index (χ1n) is 8.50. The van der Waals surface area contributed by atoms with Crippen LogP contribution in [0.2, 0.25) is 0 Å². The molecule has 0 spiro atoms. The van der Waals surface area contributed by atoms with Crippen molar-refractivity contribution in [2.45, 2.75) is 26.9 Å². The number of hydrogen-bond acceptors (Lipinski definition) is 3. The Morgan fingerprint density at radius 2 is 1.92 bits per heavy atom. The fourth-order valence-corrected chi connectivity index (χ4v) is 2.33. The predicted octanol–water partition coefficient (Wildman–Crippen LogP) is 2.04. The molecule has 8 heteroatoms. The van der Waals surface area contributed by atoms with Gasteiger partial charge in [-0.3, -0.25) is 9.48 Å². The molecule has 1 aromatic heterocycles. The van der Waals surface area contributed by atoms with E-state index < -0.39 is 0 Å². The van der Waals surface area contributed by atoms with Crippen LogP contribution in [0.3, 0.4) is 0 Å². The minimum absolute atomic E-state index is 0. The molecule has 2 aromatic rings. The van der Waals surface area contributed by atoms with Gasteiger partial charge in [0.2, 0.25) is 0 Å². The van der Waals surface area contributed by atoms with Gasteiger partial charge in [0.15, 0.2) is 5.96 Å². The van der Waals surface area contributed by atoms with Crippen LogP contribution in [0.5, 0.6) is 0 Å². The number of amides is 1. The lowest BCUT2D eigenvalue weighted by Crippen LogP contribution is -2.37. The summed E-state index contributed by atoms with van der Waals surface area (Å²) in [6, 6.07) is 9.50. The third-order valence-corrected chi connectivity index (χ3v) is 3.65. The number of nitrogens with zero attached hydrogens (tertiary/aromatic N) is 3. The summed E-state index contributed by atoms with van der Waals surface area (Å²) in [7, 11) is 1.91. The van der Waals surface area contributed by atoms with Crippen LogP contribution < -0.4 is 16.0 Å². The molecular formula is C18H27IN6O. The Balaban J connectivity index is 0.00000338. The molecule has 26 heavy (non-hydrogen) atoms. The number of aryl methyl sites for hydroxylation is 1. The molecule has 0 saturated carbocycles. The smallest absolute Gasteiger partial charge is 0.251 e. The summed E-state index contributed by atoms with van der Waals surface area (Å²) in [4.78, 5) is 16.5. The van der Waals surface area contributed by atoms with E-state index in [1.54, 1.807) is 6.20 Å². The predicted molar refractivity (Wildman–Crippen MR) is 115 cm³/mol. The van der Waals surface area contributed by atoms with Gasteiger partial charge in [0.1, 0.15) is 0 Å². The molecule has 0 aliphatic rings. The van der Waals surface area contributed by atoms with E-state index in [0.29, 0.717) is 25.2 Å². The molecule has 0 saturated heterocycles. The molecule has 0 unspecified atom stereocenters. The zero-order valence-electron chi connectivity index (χ0n) is 15.5. The first kappa shape index (κ1) is 21.9. The van der Waals surface area contributed by atoms with E-state index in [2.05, 4.69) is 26.0 Å². The second-order valence-electron chi connectivity index (χ2n) is 5.55. The number of carbonyl (C=O) groups is 1. The summed E-state index contributed by atoms with van der Waals surface area (Å²) in [6.07, 6.45) is 1.77. The van der Waals surface area contributed by atoms with Gasteiger partial charge in [0.25, 0.3) is 5.91 Å². The molecule has 3 N–H and O–H groups in total. The van der Waals surface area contributed by atoms with Crippen molar-refractivity contribution in [1.29, 1.82) is 0 Å². The van der Waals surface area contributed by atoms with E-state index in [1.807, 2.05) is 55.9 Å². The highest BCUT2D eigenvalue weighted by molar-refractivity contribution is 14.0. The van der Waals surface area contributed by atoms with Crippen molar-refractivity contribution in [1.82, 2.24) is 25.7 Å². The van der Waals surface area contributed by atoms with Crippen molar-refractivity contribution in [2.24, 2.45) is 12.0 Å². The Bertz CT molecular complexity index is 728. The SMILES string of the molecule is CCNC(=O)c1cccc(CN=C(NCC)NCc2ccnn2C)c1.I. The van der Waals surface area contributed by atoms with E-state index in [9.17, 15) is 4.79 Å². The molecule has 1 aromatic carbocycles. The first-order valence-corrected chi connectivity index (χ1v) is 8.50. The van der Waals surface area contributed by atoms with Gasteiger partial charge in [-0.05, 0) is 37.6 Å². The van der Waals surface area contributed by atoms with E-state index in [0.717, 1.165) is 23.8 Å². The fraction of sp³-hybridized carbons (Fsp3) is 0.389. The number of benzene rings is 1. The molecular weight excluding hydrogens is 443 g/mol. The molecule has 7 nitrogen and oxygen atoms in total. The number of rotatable bonds is 7. The maximum atomic E-state index is 11.9. The molecule has 0 atom stereocenters. The van der Waals surface area contributed by atoms with E-state index >= 15 is 0 Å². The number of carbonyl (C=O) groups excluding carboxylic acids is 1. The normalized spacial score (nSPS) is 10.8. The Kier molecular flexibility index (Phi) is 9.71. The summed E-state index contributed by atoms with van der Waals surface area (Å²) >= 11 is 0. The van der Waals surface area contributed by atoms with Crippen LogP contribution >= 0.6 is 24.0 Å². The average molecular weight is 470 g/mol. The Labute approximate surface area is 171 Å². The van der Waals surface area contributed by atoms with Gasteiger partial charge < -0.3 is 16.0 Å². The maximum Gasteiger partial charge on any atom is 0.251 e. The average Bonchev–Trinajstić information content (AvgIpc) is 3.03. The summed E-state index contributed by atoms with van der Waals surface area (Å²) in [5.41, 5.74) is 2.72. The zero-order valence-corrected chi connectivity index (χ0v) is 17.8. The largest absolute Gasteiger partial charge is 0.357 e. The van der Waals surface area contributed by atoms with Crippen LogP contribution in [0.15, 0.2) is 41.5 Å². The summed E-state index contributed by atoms with van der Waals surface area (Å²) in [6.45, 7) is 6.45. The van der Waals surface area contributed by atoms with Gasteiger partial charge >= 0.3 is 0 Å². The van der Waals surface area contributed by atoms with Crippen LogP contribution in [0, 0.1) is 0 Å². The van der Waals surface area contributed by atoms with Crippen LogP contribution in [-0.4, -0.2) is 34.7 Å². The number of aromatic nitrogens is 2. The molecule has 0 radical (unpaired) electrons. The highest BCUT2D eigenvalue weighted by atomic mass is 127. The van der Waals surface area contributed by atoms with Crippen molar-refractivity contribution in [3.8, 4) is 0 Å². The second kappa shape index (κ2) is 11.5. The number of guanidine groups is 1. The third kappa shape index (κ3) is 6.66. The molecule has 0 aliphatic heterocycles. The molecule has 0 fully saturated rings. The number of aliphatic imine (C=N–C) groups is 1. The van der Waals surface area contributed by atoms with Crippen molar-refractivity contribution in [3.05, 3.63) is 53.3 Å². The van der Waals surface area contributed by atoms with Gasteiger partial charge in [-0.1, -0.05) is 12.1 Å². The first-order chi connectivity index (χ1) is 12.1. The molecule has 0 bridgehead atoms. The van der Waals surface area contributed by atoms with Gasteiger partial charge in [0, 0.05) is 31.9 Å². The Hall–Kier alpha value is -2.10. The molecule has 142 valence electrons. The molecule has 1 heterocycles. The second-order valence-corrected chi connectivity index (χ2v) is 5.55. The minimum Gasteiger partial charge on any atom is -0.357 e. The Morgan fingerprint density at radius 3 is 2.58 bits per heavy atom. The summed E-state index contributed by atoms with van der Waals surface area (Å²) in [5, 5.41) is 13.5. The number of halogens is 1.